The van der Waals surface area contributed by atoms with Crippen molar-refractivity contribution in [1.29, 1.82) is 0 Å². The van der Waals surface area contributed by atoms with Crippen molar-refractivity contribution in [3.63, 3.8) is 0 Å². The first kappa shape index (κ1) is 13.1. The quantitative estimate of drug-likeness (QED) is 0.850. The third-order valence-corrected chi connectivity index (χ3v) is 2.63. The summed E-state index contributed by atoms with van der Waals surface area (Å²) in [6.07, 6.45) is 7.33. The molecule has 90 valence electrons. The van der Waals surface area contributed by atoms with E-state index in [1.54, 1.807) is 0 Å². The Bertz CT molecular complexity index is 303. The molecule has 0 aliphatic carbocycles. The Labute approximate surface area is 98.5 Å². The summed E-state index contributed by atoms with van der Waals surface area (Å²) in [6.45, 7) is 9.05. The largest absolute Gasteiger partial charge is 0.324 e. The third-order valence-electron chi connectivity index (χ3n) is 2.63. The molecule has 2 N–H and O–H groups in total. The molecule has 2 unspecified atom stereocenters. The fraction of sp³-hybridized carbons (Fsp3) is 0.692. The Morgan fingerprint density at radius 3 is 2.31 bits per heavy atom. The standard InChI is InChI=1S/C13H23N3/c1-10(6-13(2,3)4)5-12(14)11-7-15-9-16-8-11/h7-10,12H,5-6,14H2,1-4H3. The second kappa shape index (κ2) is 5.39. The van der Waals surface area contributed by atoms with Crippen molar-refractivity contribution in [2.24, 2.45) is 17.1 Å². The number of rotatable bonds is 4. The van der Waals surface area contributed by atoms with Crippen molar-refractivity contribution >= 4 is 0 Å². The van der Waals surface area contributed by atoms with Gasteiger partial charge in [0.1, 0.15) is 6.33 Å². The minimum Gasteiger partial charge on any atom is -0.324 e. The van der Waals surface area contributed by atoms with E-state index in [-0.39, 0.29) is 6.04 Å². The highest BCUT2D eigenvalue weighted by atomic mass is 14.8. The molecule has 1 aromatic heterocycles. The third kappa shape index (κ3) is 4.71. The maximum atomic E-state index is 6.13. The van der Waals surface area contributed by atoms with Crippen LogP contribution in [0.4, 0.5) is 0 Å². The Kier molecular flexibility index (Phi) is 4.42. The van der Waals surface area contributed by atoms with Gasteiger partial charge in [0.15, 0.2) is 0 Å². The van der Waals surface area contributed by atoms with Crippen LogP contribution >= 0.6 is 0 Å². The van der Waals surface area contributed by atoms with Gasteiger partial charge in [-0.15, -0.1) is 0 Å². The lowest BCUT2D eigenvalue weighted by molar-refractivity contribution is 0.286. The molecule has 0 radical (unpaired) electrons. The number of hydrogen-bond acceptors (Lipinski definition) is 3. The summed E-state index contributed by atoms with van der Waals surface area (Å²) in [5.41, 5.74) is 7.53. The van der Waals surface area contributed by atoms with Gasteiger partial charge in [0.25, 0.3) is 0 Å². The van der Waals surface area contributed by atoms with E-state index in [2.05, 4.69) is 37.7 Å². The highest BCUT2D eigenvalue weighted by Gasteiger charge is 2.18. The molecular weight excluding hydrogens is 198 g/mol. The first-order chi connectivity index (χ1) is 7.38. The number of hydrogen-bond donors (Lipinski definition) is 1. The molecule has 2 atom stereocenters. The van der Waals surface area contributed by atoms with Gasteiger partial charge in [-0.25, -0.2) is 9.97 Å². The molecule has 0 aromatic carbocycles. The van der Waals surface area contributed by atoms with Gasteiger partial charge in [0, 0.05) is 24.0 Å². The lowest BCUT2D eigenvalue weighted by Gasteiger charge is -2.25. The van der Waals surface area contributed by atoms with Crippen molar-refractivity contribution in [2.75, 3.05) is 0 Å². The van der Waals surface area contributed by atoms with Crippen LogP contribution in [0.3, 0.4) is 0 Å². The molecule has 0 saturated heterocycles. The monoisotopic (exact) mass is 221 g/mol. The molecule has 0 saturated carbocycles. The summed E-state index contributed by atoms with van der Waals surface area (Å²) < 4.78 is 0. The van der Waals surface area contributed by atoms with Crippen LogP contribution in [0.2, 0.25) is 0 Å². The molecule has 0 amide bonds. The predicted octanol–water partition coefficient (Wildman–Crippen LogP) is 2.94. The Balaban J connectivity index is 2.49. The zero-order valence-corrected chi connectivity index (χ0v) is 10.8. The summed E-state index contributed by atoms with van der Waals surface area (Å²) in [5.74, 6) is 0.621. The lowest BCUT2D eigenvalue weighted by Crippen LogP contribution is -2.18. The fourth-order valence-corrected chi connectivity index (χ4v) is 2.20. The van der Waals surface area contributed by atoms with Crippen LogP contribution in [0.25, 0.3) is 0 Å². The molecule has 1 heterocycles. The highest BCUT2D eigenvalue weighted by molar-refractivity contribution is 5.08. The summed E-state index contributed by atoms with van der Waals surface area (Å²) in [5, 5.41) is 0. The fourth-order valence-electron chi connectivity index (χ4n) is 2.20. The van der Waals surface area contributed by atoms with Crippen molar-refractivity contribution in [1.82, 2.24) is 9.97 Å². The molecule has 0 spiro atoms. The van der Waals surface area contributed by atoms with Gasteiger partial charge in [-0.05, 0) is 24.2 Å². The normalized spacial score (nSPS) is 15.8. The van der Waals surface area contributed by atoms with E-state index in [1.165, 1.54) is 12.7 Å². The predicted molar refractivity (Wildman–Crippen MR) is 66.8 cm³/mol. The van der Waals surface area contributed by atoms with Crippen molar-refractivity contribution in [2.45, 2.75) is 46.6 Å². The summed E-state index contributed by atoms with van der Waals surface area (Å²) in [4.78, 5) is 7.99. The zero-order valence-electron chi connectivity index (χ0n) is 10.8. The van der Waals surface area contributed by atoms with Gasteiger partial charge >= 0.3 is 0 Å². The second-order valence-corrected chi connectivity index (χ2v) is 5.88. The number of nitrogens with zero attached hydrogens (tertiary/aromatic N) is 2. The van der Waals surface area contributed by atoms with Crippen molar-refractivity contribution in [3.05, 3.63) is 24.3 Å². The van der Waals surface area contributed by atoms with Crippen LogP contribution in [0, 0.1) is 11.3 Å². The van der Waals surface area contributed by atoms with Crippen LogP contribution in [0.1, 0.15) is 52.1 Å². The highest BCUT2D eigenvalue weighted by Crippen LogP contribution is 2.29. The van der Waals surface area contributed by atoms with E-state index in [0.29, 0.717) is 11.3 Å². The maximum Gasteiger partial charge on any atom is 0.115 e. The number of nitrogens with two attached hydrogens (primary N) is 1. The van der Waals surface area contributed by atoms with Gasteiger partial charge in [0.2, 0.25) is 0 Å². The maximum absolute atomic E-state index is 6.13. The van der Waals surface area contributed by atoms with Crippen molar-refractivity contribution < 1.29 is 0 Å². The van der Waals surface area contributed by atoms with Crippen LogP contribution in [0.15, 0.2) is 18.7 Å². The summed E-state index contributed by atoms with van der Waals surface area (Å²) in [6, 6.07) is 0.0542. The van der Waals surface area contributed by atoms with E-state index < -0.39 is 0 Å². The van der Waals surface area contributed by atoms with E-state index in [1.807, 2.05) is 12.4 Å². The summed E-state index contributed by atoms with van der Waals surface area (Å²) >= 11 is 0. The van der Waals surface area contributed by atoms with Gasteiger partial charge in [-0.3, -0.25) is 0 Å². The first-order valence-electron chi connectivity index (χ1n) is 5.89. The average molecular weight is 221 g/mol. The molecule has 0 fully saturated rings. The van der Waals surface area contributed by atoms with Gasteiger partial charge in [0.05, 0.1) is 0 Å². The molecule has 0 aliphatic heterocycles. The van der Waals surface area contributed by atoms with Crippen LogP contribution in [-0.4, -0.2) is 9.97 Å². The van der Waals surface area contributed by atoms with Crippen molar-refractivity contribution in [3.8, 4) is 0 Å². The van der Waals surface area contributed by atoms with Gasteiger partial charge in [-0.1, -0.05) is 27.7 Å². The Morgan fingerprint density at radius 1 is 1.25 bits per heavy atom. The first-order valence-corrected chi connectivity index (χ1v) is 5.89. The Morgan fingerprint density at radius 2 is 1.81 bits per heavy atom. The average Bonchev–Trinajstić information content (AvgIpc) is 2.16. The molecular formula is C13H23N3. The number of aromatic nitrogens is 2. The zero-order chi connectivity index (χ0) is 12.2. The van der Waals surface area contributed by atoms with E-state index in [9.17, 15) is 0 Å². The molecule has 1 aromatic rings. The minimum absolute atomic E-state index is 0.0542. The van der Waals surface area contributed by atoms with E-state index in [0.717, 1.165) is 12.0 Å². The van der Waals surface area contributed by atoms with Gasteiger partial charge in [-0.2, -0.15) is 0 Å². The van der Waals surface area contributed by atoms with Gasteiger partial charge < -0.3 is 5.73 Å². The Hall–Kier alpha value is -0.960. The van der Waals surface area contributed by atoms with Crippen LogP contribution in [-0.2, 0) is 0 Å². The second-order valence-electron chi connectivity index (χ2n) is 5.88. The minimum atomic E-state index is 0.0542. The SMILES string of the molecule is CC(CC(N)c1cncnc1)CC(C)(C)C. The molecule has 0 aliphatic rings. The van der Waals surface area contributed by atoms with E-state index in [4.69, 9.17) is 5.73 Å². The molecule has 1 rings (SSSR count). The molecule has 0 bridgehead atoms. The molecule has 3 nitrogen and oxygen atoms in total. The molecule has 16 heavy (non-hydrogen) atoms. The van der Waals surface area contributed by atoms with Crippen LogP contribution < -0.4 is 5.73 Å². The topological polar surface area (TPSA) is 51.8 Å². The lowest BCUT2D eigenvalue weighted by atomic mass is 9.82. The summed E-state index contributed by atoms with van der Waals surface area (Å²) in [7, 11) is 0. The van der Waals surface area contributed by atoms with Crippen LogP contribution in [0.5, 0.6) is 0 Å². The smallest absolute Gasteiger partial charge is 0.115 e. The van der Waals surface area contributed by atoms with E-state index >= 15 is 0 Å². The molecule has 3 heteroatoms.